The molecule has 0 saturated heterocycles. The molecule has 2 aromatic heterocycles. The summed E-state index contributed by atoms with van der Waals surface area (Å²) in [5.74, 6) is -0.782. The molecule has 0 atom stereocenters. The van der Waals surface area contributed by atoms with Crippen LogP contribution in [-0.4, -0.2) is 26.4 Å². The normalized spacial score (nSPS) is 11.8. The second-order valence-electron chi connectivity index (χ2n) is 5.34. The van der Waals surface area contributed by atoms with E-state index in [1.807, 2.05) is 13.1 Å². The number of thiophene rings is 1. The Bertz CT molecular complexity index is 588. The van der Waals surface area contributed by atoms with Gasteiger partial charge < -0.3 is 9.67 Å². The van der Waals surface area contributed by atoms with E-state index >= 15 is 0 Å². The second kappa shape index (κ2) is 6.01. The Morgan fingerprint density at radius 2 is 2.30 bits per heavy atom. The zero-order valence-electron chi connectivity index (χ0n) is 11.8. The highest BCUT2D eigenvalue weighted by atomic mass is 32.2. The minimum atomic E-state index is -0.820. The fourth-order valence-electron chi connectivity index (χ4n) is 2.05. The lowest BCUT2D eigenvalue weighted by Gasteiger charge is -2.24. The summed E-state index contributed by atoms with van der Waals surface area (Å²) in [5.41, 5.74) is 0.916. The minimum Gasteiger partial charge on any atom is -0.481 e. The molecule has 4 nitrogen and oxygen atoms in total. The molecule has 0 aliphatic rings. The monoisotopic (exact) mass is 310 g/mol. The molecule has 6 heteroatoms. The van der Waals surface area contributed by atoms with Gasteiger partial charge in [-0.05, 0) is 18.4 Å². The summed E-state index contributed by atoms with van der Waals surface area (Å²) in [5, 5.41) is 11.7. The van der Waals surface area contributed by atoms with Gasteiger partial charge in [0.25, 0.3) is 0 Å². The van der Waals surface area contributed by atoms with E-state index in [0.29, 0.717) is 0 Å². The molecule has 0 unspecified atom stereocenters. The lowest BCUT2D eigenvalue weighted by molar-refractivity contribution is -0.133. The number of rotatable bonds is 6. The highest BCUT2D eigenvalue weighted by Crippen LogP contribution is 2.31. The van der Waals surface area contributed by atoms with Crippen molar-refractivity contribution in [1.29, 1.82) is 0 Å². The Kier molecular flexibility index (Phi) is 4.55. The molecule has 2 aromatic rings. The van der Waals surface area contributed by atoms with Crippen LogP contribution >= 0.6 is 23.1 Å². The van der Waals surface area contributed by atoms with Crippen LogP contribution in [-0.2, 0) is 16.8 Å². The van der Waals surface area contributed by atoms with Crippen molar-refractivity contribution in [3.63, 3.8) is 0 Å². The lowest BCUT2D eigenvalue weighted by Crippen LogP contribution is -2.23. The number of carboxylic acids is 1. The van der Waals surface area contributed by atoms with Gasteiger partial charge in [-0.25, -0.2) is 4.98 Å². The fraction of sp³-hybridized carbons (Fsp3) is 0.429. The van der Waals surface area contributed by atoms with Crippen LogP contribution in [0.1, 0.15) is 24.4 Å². The topological polar surface area (TPSA) is 55.1 Å². The number of aliphatic carboxylic acids is 1. The molecular formula is C14H18N2O2S2. The van der Waals surface area contributed by atoms with Crippen LogP contribution in [0.3, 0.4) is 0 Å². The number of aryl methyl sites for hydroxylation is 1. The van der Waals surface area contributed by atoms with Crippen molar-refractivity contribution in [2.45, 2.75) is 37.9 Å². The lowest BCUT2D eigenvalue weighted by atomic mass is 9.91. The van der Waals surface area contributed by atoms with Crippen LogP contribution in [0.2, 0.25) is 0 Å². The molecular weight excluding hydrogens is 292 g/mol. The first kappa shape index (κ1) is 15.1. The van der Waals surface area contributed by atoms with Crippen molar-refractivity contribution in [2.75, 3.05) is 5.75 Å². The summed E-state index contributed by atoms with van der Waals surface area (Å²) in [6, 6.07) is 4.19. The largest absolute Gasteiger partial charge is 0.481 e. The van der Waals surface area contributed by atoms with E-state index in [9.17, 15) is 4.79 Å². The van der Waals surface area contributed by atoms with Crippen LogP contribution in [0.25, 0.3) is 0 Å². The van der Waals surface area contributed by atoms with Gasteiger partial charge in [0.1, 0.15) is 0 Å². The number of nitrogens with zero attached hydrogens (tertiary/aromatic N) is 2. The molecule has 0 aliphatic heterocycles. The Hall–Kier alpha value is -1.27. The predicted octanol–water partition coefficient (Wildman–Crippen LogP) is 3.41. The molecule has 108 valence electrons. The number of carboxylic acid groups (broad SMARTS) is 1. The molecule has 0 radical (unpaired) electrons. The zero-order chi connectivity index (χ0) is 14.8. The third kappa shape index (κ3) is 3.64. The molecule has 0 amide bonds. The van der Waals surface area contributed by atoms with Crippen LogP contribution in [0, 0.1) is 6.92 Å². The summed E-state index contributed by atoms with van der Waals surface area (Å²) in [4.78, 5) is 16.4. The SMILES string of the molecule is Cc1cn(CC(C)(C)c2cccs2)c(SCC(=O)O)n1. The van der Waals surface area contributed by atoms with Crippen molar-refractivity contribution in [2.24, 2.45) is 0 Å². The van der Waals surface area contributed by atoms with Crippen LogP contribution < -0.4 is 0 Å². The average molecular weight is 310 g/mol. The first-order valence-corrected chi connectivity index (χ1v) is 8.17. The van der Waals surface area contributed by atoms with Crippen molar-refractivity contribution in [3.05, 3.63) is 34.3 Å². The number of aromatic nitrogens is 2. The van der Waals surface area contributed by atoms with Crippen LogP contribution in [0.15, 0.2) is 28.9 Å². The molecule has 0 bridgehead atoms. The predicted molar refractivity (Wildman–Crippen MR) is 82.7 cm³/mol. The van der Waals surface area contributed by atoms with Crippen molar-refractivity contribution < 1.29 is 9.90 Å². The van der Waals surface area contributed by atoms with Crippen LogP contribution in [0.5, 0.6) is 0 Å². The number of thioether (sulfide) groups is 1. The van der Waals surface area contributed by atoms with E-state index in [2.05, 4.69) is 40.9 Å². The number of hydrogen-bond donors (Lipinski definition) is 1. The standard InChI is InChI=1S/C14H18N2O2S2/c1-10-7-16(13(15-10)20-8-12(17)18)9-14(2,3)11-5-4-6-19-11/h4-7H,8-9H2,1-3H3,(H,17,18). The number of carbonyl (C=O) groups is 1. The molecule has 0 fully saturated rings. The molecule has 2 rings (SSSR count). The van der Waals surface area contributed by atoms with Gasteiger partial charge in [0, 0.05) is 23.0 Å². The van der Waals surface area contributed by atoms with E-state index in [1.165, 1.54) is 16.6 Å². The summed E-state index contributed by atoms with van der Waals surface area (Å²) in [6.45, 7) is 7.11. The zero-order valence-corrected chi connectivity index (χ0v) is 13.4. The molecule has 1 N–H and O–H groups in total. The number of hydrogen-bond acceptors (Lipinski definition) is 4. The Morgan fingerprint density at radius 1 is 1.55 bits per heavy atom. The first-order valence-electron chi connectivity index (χ1n) is 6.31. The van der Waals surface area contributed by atoms with Crippen molar-refractivity contribution in [3.8, 4) is 0 Å². The van der Waals surface area contributed by atoms with E-state index in [1.54, 1.807) is 11.3 Å². The average Bonchev–Trinajstić information content (AvgIpc) is 2.96. The van der Waals surface area contributed by atoms with E-state index in [-0.39, 0.29) is 11.2 Å². The van der Waals surface area contributed by atoms with Gasteiger partial charge in [-0.2, -0.15) is 0 Å². The summed E-state index contributed by atoms with van der Waals surface area (Å²) in [7, 11) is 0. The van der Waals surface area contributed by atoms with Crippen LogP contribution in [0.4, 0.5) is 0 Å². The van der Waals surface area contributed by atoms with Crippen molar-refractivity contribution in [1.82, 2.24) is 9.55 Å². The Balaban J connectivity index is 2.18. The Labute approximate surface area is 126 Å². The molecule has 0 aliphatic carbocycles. The van der Waals surface area contributed by atoms with Gasteiger partial charge in [-0.15, -0.1) is 11.3 Å². The van der Waals surface area contributed by atoms with Crippen molar-refractivity contribution >= 4 is 29.1 Å². The smallest absolute Gasteiger partial charge is 0.313 e. The molecule has 0 spiro atoms. The molecule has 0 saturated carbocycles. The molecule has 0 aromatic carbocycles. The third-order valence-corrected chi connectivity index (χ3v) is 5.15. The first-order chi connectivity index (χ1) is 9.38. The minimum absolute atomic E-state index is 0.000158. The van der Waals surface area contributed by atoms with Gasteiger partial charge in [0.2, 0.25) is 0 Å². The van der Waals surface area contributed by atoms with Gasteiger partial charge in [0.05, 0.1) is 11.4 Å². The molecule has 2 heterocycles. The maximum Gasteiger partial charge on any atom is 0.313 e. The fourth-order valence-corrected chi connectivity index (χ4v) is 3.64. The van der Waals surface area contributed by atoms with Gasteiger partial charge >= 0.3 is 5.97 Å². The maximum absolute atomic E-state index is 10.7. The summed E-state index contributed by atoms with van der Waals surface area (Å²) < 4.78 is 2.06. The quantitative estimate of drug-likeness (QED) is 0.831. The van der Waals surface area contributed by atoms with E-state index in [0.717, 1.165) is 17.4 Å². The van der Waals surface area contributed by atoms with E-state index < -0.39 is 5.97 Å². The second-order valence-corrected chi connectivity index (χ2v) is 7.23. The molecule has 20 heavy (non-hydrogen) atoms. The highest BCUT2D eigenvalue weighted by Gasteiger charge is 2.24. The number of imidazole rings is 1. The summed E-state index contributed by atoms with van der Waals surface area (Å²) in [6.07, 6.45) is 1.99. The van der Waals surface area contributed by atoms with E-state index in [4.69, 9.17) is 5.11 Å². The van der Waals surface area contributed by atoms with Gasteiger partial charge in [-0.3, -0.25) is 4.79 Å². The van der Waals surface area contributed by atoms with Gasteiger partial charge in [0.15, 0.2) is 5.16 Å². The Morgan fingerprint density at radius 3 is 2.90 bits per heavy atom. The highest BCUT2D eigenvalue weighted by molar-refractivity contribution is 7.99. The maximum atomic E-state index is 10.7. The summed E-state index contributed by atoms with van der Waals surface area (Å²) >= 11 is 3.01. The van der Waals surface area contributed by atoms with Gasteiger partial charge in [-0.1, -0.05) is 31.7 Å². The third-order valence-electron chi connectivity index (χ3n) is 2.94.